The van der Waals surface area contributed by atoms with Crippen molar-refractivity contribution in [3.63, 3.8) is 0 Å². The Hall–Kier alpha value is -0.610. The molecular formula is C28H50N2O2. The van der Waals surface area contributed by atoms with E-state index in [4.69, 9.17) is 10.5 Å². The van der Waals surface area contributed by atoms with E-state index in [2.05, 4.69) is 19.2 Å². The number of hydrogen-bond donors (Lipinski definition) is 2. The van der Waals surface area contributed by atoms with Crippen LogP contribution < -0.4 is 11.1 Å². The number of hydrogen-bond acceptors (Lipinski definition) is 4. The van der Waals surface area contributed by atoms with Crippen molar-refractivity contribution < 1.29 is 9.53 Å². The highest BCUT2D eigenvalue weighted by Crippen LogP contribution is 2.67. The first kappa shape index (κ1) is 24.5. The lowest BCUT2D eigenvalue weighted by atomic mass is 9.44. The fourth-order valence-corrected chi connectivity index (χ4v) is 9.20. The second kappa shape index (κ2) is 10.3. The maximum absolute atomic E-state index is 11.6. The third-order valence-corrected chi connectivity index (χ3v) is 11.1. The van der Waals surface area contributed by atoms with Crippen molar-refractivity contribution in [3.8, 4) is 0 Å². The van der Waals surface area contributed by atoms with Crippen LogP contribution in [0.2, 0.25) is 0 Å². The number of nitrogens with one attached hydrogen (secondary N) is 1. The second-order valence-corrected chi connectivity index (χ2v) is 12.4. The lowest BCUT2D eigenvalue weighted by molar-refractivity contribution is -0.141. The molecule has 0 aliphatic heterocycles. The van der Waals surface area contributed by atoms with E-state index in [1.54, 1.807) is 0 Å². The van der Waals surface area contributed by atoms with Crippen LogP contribution in [0.1, 0.15) is 104 Å². The molecule has 4 rings (SSSR count). The topological polar surface area (TPSA) is 64.3 Å². The van der Waals surface area contributed by atoms with Gasteiger partial charge in [-0.3, -0.25) is 4.79 Å². The Bertz CT molecular complexity index is 639. The second-order valence-electron chi connectivity index (χ2n) is 12.4. The van der Waals surface area contributed by atoms with Gasteiger partial charge in [-0.15, -0.1) is 0 Å². The summed E-state index contributed by atoms with van der Waals surface area (Å²) in [6.07, 6.45) is 18.0. The van der Waals surface area contributed by atoms with E-state index in [1.165, 1.54) is 77.7 Å². The van der Waals surface area contributed by atoms with E-state index in [1.807, 2.05) is 0 Å². The minimum absolute atomic E-state index is 0.0378. The molecule has 4 nitrogen and oxygen atoms in total. The van der Waals surface area contributed by atoms with Gasteiger partial charge in [0.15, 0.2) is 0 Å². The third kappa shape index (κ3) is 4.65. The number of fused-ring (bicyclic) bond motifs is 5. The molecule has 0 spiro atoms. The fraction of sp³-hybridized carbons (Fsp3) is 0.964. The maximum atomic E-state index is 11.6. The van der Waals surface area contributed by atoms with E-state index < -0.39 is 0 Å². The molecule has 32 heavy (non-hydrogen) atoms. The van der Waals surface area contributed by atoms with Crippen LogP contribution in [0, 0.1) is 40.4 Å². The number of ether oxygens (including phenoxy) is 1. The average molecular weight is 447 g/mol. The quantitative estimate of drug-likeness (QED) is 0.353. The number of carbonyl (C=O) groups is 1. The lowest BCUT2D eigenvalue weighted by Gasteiger charge is -2.61. The van der Waals surface area contributed by atoms with E-state index in [9.17, 15) is 4.79 Å². The highest BCUT2D eigenvalue weighted by atomic mass is 16.5. The predicted molar refractivity (Wildman–Crippen MR) is 131 cm³/mol. The fourth-order valence-electron chi connectivity index (χ4n) is 9.20. The molecule has 0 aromatic heterocycles. The van der Waals surface area contributed by atoms with E-state index in [-0.39, 0.29) is 5.97 Å². The Morgan fingerprint density at radius 2 is 1.75 bits per heavy atom. The Morgan fingerprint density at radius 3 is 2.53 bits per heavy atom. The Labute approximate surface area is 197 Å². The Kier molecular flexibility index (Phi) is 7.92. The molecule has 8 atom stereocenters. The summed E-state index contributed by atoms with van der Waals surface area (Å²) in [5.74, 6) is 4.53. The Balaban J connectivity index is 1.35. The zero-order chi connectivity index (χ0) is 22.8. The van der Waals surface area contributed by atoms with Gasteiger partial charge >= 0.3 is 5.97 Å². The van der Waals surface area contributed by atoms with Crippen molar-refractivity contribution in [2.24, 2.45) is 46.2 Å². The molecule has 4 aliphatic carbocycles. The average Bonchev–Trinajstić information content (AvgIpc) is 3.13. The van der Waals surface area contributed by atoms with Gasteiger partial charge in [-0.2, -0.15) is 0 Å². The van der Waals surface area contributed by atoms with Gasteiger partial charge in [0.1, 0.15) is 0 Å². The van der Waals surface area contributed by atoms with Crippen LogP contribution in [-0.4, -0.2) is 32.2 Å². The predicted octanol–water partition coefficient (Wildman–Crippen LogP) is 5.69. The lowest BCUT2D eigenvalue weighted by Crippen LogP contribution is -2.55. The van der Waals surface area contributed by atoms with E-state index >= 15 is 0 Å². The smallest absolute Gasteiger partial charge is 0.305 e. The van der Waals surface area contributed by atoms with Gasteiger partial charge in [0.2, 0.25) is 0 Å². The summed E-state index contributed by atoms with van der Waals surface area (Å²) in [5, 5.41) is 3.87. The zero-order valence-corrected chi connectivity index (χ0v) is 21.2. The molecule has 0 amide bonds. The molecular weight excluding hydrogens is 396 g/mol. The first-order valence-corrected chi connectivity index (χ1v) is 13.9. The largest absolute Gasteiger partial charge is 0.469 e. The number of carbonyl (C=O) groups excluding carboxylic acids is 1. The molecule has 3 N–H and O–H groups in total. The first-order valence-electron chi connectivity index (χ1n) is 13.9. The minimum Gasteiger partial charge on any atom is -0.469 e. The number of esters is 1. The van der Waals surface area contributed by atoms with Crippen LogP contribution in [0.15, 0.2) is 0 Å². The number of rotatable bonds is 9. The number of unbranched alkanes of at least 4 members (excludes halogenated alkanes) is 1. The summed E-state index contributed by atoms with van der Waals surface area (Å²) in [6, 6.07) is 0.738. The van der Waals surface area contributed by atoms with Crippen molar-refractivity contribution in [1.29, 1.82) is 0 Å². The molecule has 0 radical (unpaired) electrons. The molecule has 4 saturated carbocycles. The highest BCUT2D eigenvalue weighted by Gasteiger charge is 2.59. The summed E-state index contributed by atoms with van der Waals surface area (Å²) in [4.78, 5) is 11.6. The standard InChI is InChI=1S/C28H50N2O2/c1-27-16-14-25-23(24(27)12-10-20(27)7-6-8-26(31)32-3)11-9-21-19-22(13-15-28(21,25)2)30-18-5-4-17-29/h20-25,30H,4-19,29H2,1-3H3. The minimum atomic E-state index is -0.0378. The molecule has 0 aromatic rings. The van der Waals surface area contributed by atoms with Crippen molar-refractivity contribution in [2.45, 2.75) is 110 Å². The van der Waals surface area contributed by atoms with E-state index in [0.29, 0.717) is 17.3 Å². The van der Waals surface area contributed by atoms with Gasteiger partial charge in [0.05, 0.1) is 7.11 Å². The van der Waals surface area contributed by atoms with Gasteiger partial charge in [-0.1, -0.05) is 13.8 Å². The summed E-state index contributed by atoms with van der Waals surface area (Å²) in [5.41, 5.74) is 6.75. The van der Waals surface area contributed by atoms with Gasteiger partial charge in [-0.05, 0) is 137 Å². The van der Waals surface area contributed by atoms with Gasteiger partial charge in [0.25, 0.3) is 0 Å². The van der Waals surface area contributed by atoms with Crippen LogP contribution in [0.3, 0.4) is 0 Å². The van der Waals surface area contributed by atoms with Crippen LogP contribution in [0.25, 0.3) is 0 Å². The van der Waals surface area contributed by atoms with Crippen molar-refractivity contribution in [1.82, 2.24) is 5.32 Å². The van der Waals surface area contributed by atoms with Crippen molar-refractivity contribution in [2.75, 3.05) is 20.2 Å². The maximum Gasteiger partial charge on any atom is 0.305 e. The first-order chi connectivity index (χ1) is 15.4. The number of nitrogens with two attached hydrogens (primary N) is 1. The molecule has 4 heteroatoms. The molecule has 4 aliphatic rings. The summed E-state index contributed by atoms with van der Waals surface area (Å²) < 4.78 is 4.87. The highest BCUT2D eigenvalue weighted by molar-refractivity contribution is 5.68. The van der Waals surface area contributed by atoms with Crippen LogP contribution in [-0.2, 0) is 9.53 Å². The third-order valence-electron chi connectivity index (χ3n) is 11.1. The molecule has 184 valence electrons. The SMILES string of the molecule is COC(=O)CCCC1CCC2C3CCC4CC(NCCCCN)CCC4(C)C3CCC12C. The Morgan fingerprint density at radius 1 is 0.969 bits per heavy atom. The molecule has 0 heterocycles. The normalized spacial score (nSPS) is 43.2. The van der Waals surface area contributed by atoms with Gasteiger partial charge in [-0.25, -0.2) is 0 Å². The van der Waals surface area contributed by atoms with Crippen molar-refractivity contribution >= 4 is 5.97 Å². The zero-order valence-electron chi connectivity index (χ0n) is 21.2. The van der Waals surface area contributed by atoms with Crippen LogP contribution in [0.4, 0.5) is 0 Å². The molecule has 4 fully saturated rings. The van der Waals surface area contributed by atoms with Crippen LogP contribution >= 0.6 is 0 Å². The summed E-state index contributed by atoms with van der Waals surface area (Å²) in [6.45, 7) is 7.28. The van der Waals surface area contributed by atoms with E-state index in [0.717, 1.165) is 61.6 Å². The molecule has 8 unspecified atom stereocenters. The number of methoxy groups -OCH3 is 1. The monoisotopic (exact) mass is 446 g/mol. The molecule has 0 saturated heterocycles. The van der Waals surface area contributed by atoms with Gasteiger partial charge < -0.3 is 15.8 Å². The van der Waals surface area contributed by atoms with Crippen molar-refractivity contribution in [3.05, 3.63) is 0 Å². The van der Waals surface area contributed by atoms with Crippen LogP contribution in [0.5, 0.6) is 0 Å². The van der Waals surface area contributed by atoms with Gasteiger partial charge in [0, 0.05) is 12.5 Å². The summed E-state index contributed by atoms with van der Waals surface area (Å²) >= 11 is 0. The molecule has 0 bridgehead atoms. The molecule has 0 aromatic carbocycles. The summed E-state index contributed by atoms with van der Waals surface area (Å²) in [7, 11) is 1.51.